The Morgan fingerprint density at radius 3 is 1.89 bits per heavy atom. The Labute approximate surface area is 161 Å². The molecular weight excluding hydrogens is 344 g/mol. The van der Waals surface area contributed by atoms with Gasteiger partial charge in [0.15, 0.2) is 23.0 Å². The summed E-state index contributed by atoms with van der Waals surface area (Å²) in [5.74, 6) is 3.13. The quantitative estimate of drug-likeness (QED) is 0.734. The Morgan fingerprint density at radius 2 is 1.33 bits per heavy atom. The molecule has 3 rings (SSSR count). The Morgan fingerprint density at radius 1 is 0.778 bits per heavy atom. The molecule has 0 saturated carbocycles. The van der Waals surface area contributed by atoms with Crippen LogP contribution in [0.2, 0.25) is 0 Å². The number of hydrogen-bond acceptors (Lipinski definition) is 5. The summed E-state index contributed by atoms with van der Waals surface area (Å²) in [6, 6.07) is 10.0. The van der Waals surface area contributed by atoms with Crippen LogP contribution in [0, 0.1) is 0 Å². The highest BCUT2D eigenvalue weighted by molar-refractivity contribution is 5.54. The van der Waals surface area contributed by atoms with E-state index in [0.717, 1.165) is 23.3 Å². The van der Waals surface area contributed by atoms with E-state index in [0.29, 0.717) is 23.2 Å². The first-order valence-electron chi connectivity index (χ1n) is 9.21. The van der Waals surface area contributed by atoms with Gasteiger partial charge in [0.25, 0.3) is 0 Å². The number of rotatable bonds is 6. The number of fused-ring (bicyclic) bond motifs is 1. The van der Waals surface area contributed by atoms with Crippen molar-refractivity contribution in [2.24, 2.45) is 0 Å². The van der Waals surface area contributed by atoms with Gasteiger partial charge in [0, 0.05) is 5.92 Å². The summed E-state index contributed by atoms with van der Waals surface area (Å²) < 4.78 is 28.4. The number of methoxy groups -OCH3 is 4. The van der Waals surface area contributed by atoms with Crippen molar-refractivity contribution in [3.05, 3.63) is 47.0 Å². The van der Waals surface area contributed by atoms with Gasteiger partial charge in [-0.15, -0.1) is 0 Å². The fourth-order valence-corrected chi connectivity index (χ4v) is 3.92. The molecule has 0 radical (unpaired) electrons. The van der Waals surface area contributed by atoms with Gasteiger partial charge < -0.3 is 23.7 Å². The maximum absolute atomic E-state index is 6.46. The number of benzene rings is 2. The summed E-state index contributed by atoms with van der Waals surface area (Å²) in [6.07, 6.45) is 0.860. The van der Waals surface area contributed by atoms with Crippen molar-refractivity contribution in [1.82, 2.24) is 0 Å². The van der Waals surface area contributed by atoms with Gasteiger partial charge in [-0.2, -0.15) is 0 Å². The molecule has 0 spiro atoms. The highest BCUT2D eigenvalue weighted by Gasteiger charge is 2.35. The summed E-state index contributed by atoms with van der Waals surface area (Å²) in [6.45, 7) is 4.31. The highest BCUT2D eigenvalue weighted by Crippen LogP contribution is 2.47. The van der Waals surface area contributed by atoms with Crippen LogP contribution in [-0.4, -0.2) is 34.5 Å². The molecule has 27 heavy (non-hydrogen) atoms. The van der Waals surface area contributed by atoms with Crippen LogP contribution < -0.4 is 18.9 Å². The van der Waals surface area contributed by atoms with Crippen LogP contribution in [0.15, 0.2) is 30.3 Å². The van der Waals surface area contributed by atoms with Crippen molar-refractivity contribution in [3.63, 3.8) is 0 Å². The van der Waals surface area contributed by atoms with E-state index in [4.69, 9.17) is 23.7 Å². The third kappa shape index (κ3) is 3.44. The minimum Gasteiger partial charge on any atom is -0.493 e. The van der Waals surface area contributed by atoms with Crippen molar-refractivity contribution < 1.29 is 23.7 Å². The van der Waals surface area contributed by atoms with Crippen molar-refractivity contribution in [2.45, 2.75) is 38.4 Å². The highest BCUT2D eigenvalue weighted by atomic mass is 16.5. The smallest absolute Gasteiger partial charge is 0.161 e. The second-order valence-electron chi connectivity index (χ2n) is 6.69. The molecule has 2 aromatic carbocycles. The maximum atomic E-state index is 6.46. The molecule has 0 bridgehead atoms. The van der Waals surface area contributed by atoms with Crippen LogP contribution in [0.4, 0.5) is 0 Å². The molecule has 1 heterocycles. The summed E-state index contributed by atoms with van der Waals surface area (Å²) >= 11 is 0. The predicted molar refractivity (Wildman–Crippen MR) is 105 cm³/mol. The fraction of sp³-hybridized carbons (Fsp3) is 0.455. The molecule has 0 amide bonds. The Bertz CT molecular complexity index is 802. The molecule has 5 nitrogen and oxygen atoms in total. The van der Waals surface area contributed by atoms with Crippen molar-refractivity contribution in [2.75, 3.05) is 28.4 Å². The third-order valence-corrected chi connectivity index (χ3v) is 5.34. The molecule has 0 N–H and O–H groups in total. The van der Waals surface area contributed by atoms with E-state index in [1.54, 1.807) is 28.4 Å². The van der Waals surface area contributed by atoms with Crippen LogP contribution in [0.1, 0.15) is 49.0 Å². The molecule has 146 valence electrons. The van der Waals surface area contributed by atoms with Crippen LogP contribution in [0.3, 0.4) is 0 Å². The molecule has 0 aromatic heterocycles. The maximum Gasteiger partial charge on any atom is 0.161 e. The lowest BCUT2D eigenvalue weighted by Crippen LogP contribution is -2.29. The summed E-state index contributed by atoms with van der Waals surface area (Å²) in [5.41, 5.74) is 3.36. The van der Waals surface area contributed by atoms with Gasteiger partial charge >= 0.3 is 0 Å². The lowest BCUT2D eigenvalue weighted by atomic mass is 9.81. The van der Waals surface area contributed by atoms with E-state index in [1.165, 1.54) is 5.56 Å². The zero-order valence-electron chi connectivity index (χ0n) is 16.9. The molecule has 0 aliphatic carbocycles. The van der Waals surface area contributed by atoms with Gasteiger partial charge in [-0.1, -0.05) is 13.0 Å². The normalized spacial score (nSPS) is 21.3. The first-order valence-corrected chi connectivity index (χ1v) is 9.21. The molecular formula is C22H28O5. The molecule has 0 fully saturated rings. The van der Waals surface area contributed by atoms with Gasteiger partial charge in [-0.3, -0.25) is 0 Å². The minimum absolute atomic E-state index is 0.0821. The predicted octanol–water partition coefficient (Wildman–Crippen LogP) is 4.72. The van der Waals surface area contributed by atoms with Gasteiger partial charge in [-0.25, -0.2) is 0 Å². The van der Waals surface area contributed by atoms with E-state index >= 15 is 0 Å². The van der Waals surface area contributed by atoms with Crippen molar-refractivity contribution >= 4 is 0 Å². The average molecular weight is 372 g/mol. The molecule has 5 heteroatoms. The summed E-state index contributed by atoms with van der Waals surface area (Å²) in [5, 5.41) is 0. The van der Waals surface area contributed by atoms with Gasteiger partial charge in [0.1, 0.15) is 6.10 Å². The monoisotopic (exact) mass is 372 g/mol. The summed E-state index contributed by atoms with van der Waals surface area (Å²) in [4.78, 5) is 0. The Kier molecular flexibility index (Phi) is 5.80. The van der Waals surface area contributed by atoms with Gasteiger partial charge in [0.05, 0.1) is 34.5 Å². The van der Waals surface area contributed by atoms with Crippen molar-refractivity contribution in [1.29, 1.82) is 0 Å². The molecule has 3 unspecified atom stereocenters. The van der Waals surface area contributed by atoms with Crippen molar-refractivity contribution in [3.8, 4) is 23.0 Å². The zero-order chi connectivity index (χ0) is 19.6. The summed E-state index contributed by atoms with van der Waals surface area (Å²) in [7, 11) is 6.59. The van der Waals surface area contributed by atoms with E-state index in [9.17, 15) is 0 Å². The molecule has 1 aliphatic heterocycles. The first kappa shape index (κ1) is 19.4. The molecule has 1 aliphatic rings. The average Bonchev–Trinajstić information content (AvgIpc) is 2.71. The number of hydrogen-bond donors (Lipinski definition) is 0. The van der Waals surface area contributed by atoms with Gasteiger partial charge in [-0.05, 0) is 54.3 Å². The number of ether oxygens (including phenoxy) is 5. The van der Waals surface area contributed by atoms with E-state index in [2.05, 4.69) is 19.9 Å². The zero-order valence-corrected chi connectivity index (χ0v) is 16.9. The standard InChI is InChI=1S/C22H28O5/c1-7-15-13(2)27-22(14-8-9-18(23-3)19(10-14)24-4)17-12-21(26-6)20(25-5)11-16(15)17/h8-13,15,22H,7H2,1-6H3. The van der Waals surface area contributed by atoms with Gasteiger partial charge in [0.2, 0.25) is 0 Å². The van der Waals surface area contributed by atoms with Crippen LogP contribution in [0.5, 0.6) is 23.0 Å². The molecule has 2 aromatic rings. The minimum atomic E-state index is -0.211. The SMILES string of the molecule is CCC1c2cc(OC)c(OC)cc2C(c2ccc(OC)c(OC)c2)OC1C. The third-order valence-electron chi connectivity index (χ3n) is 5.34. The second kappa shape index (κ2) is 8.09. The van der Waals surface area contributed by atoms with Crippen LogP contribution in [-0.2, 0) is 4.74 Å². The largest absolute Gasteiger partial charge is 0.493 e. The first-order chi connectivity index (χ1) is 13.1. The lowest BCUT2D eigenvalue weighted by molar-refractivity contribution is -0.0122. The topological polar surface area (TPSA) is 46.2 Å². The molecule has 0 saturated heterocycles. The Balaban J connectivity index is 2.16. The van der Waals surface area contributed by atoms with E-state index in [-0.39, 0.29) is 12.2 Å². The lowest BCUT2D eigenvalue weighted by Gasteiger charge is -2.37. The Hall–Kier alpha value is -2.40. The molecule has 3 atom stereocenters. The van der Waals surface area contributed by atoms with E-state index < -0.39 is 0 Å². The van der Waals surface area contributed by atoms with Crippen LogP contribution in [0.25, 0.3) is 0 Å². The second-order valence-corrected chi connectivity index (χ2v) is 6.69. The van der Waals surface area contributed by atoms with E-state index in [1.807, 2.05) is 24.3 Å². The van der Waals surface area contributed by atoms with Crippen LogP contribution >= 0.6 is 0 Å². The fourth-order valence-electron chi connectivity index (χ4n) is 3.92.